The van der Waals surface area contributed by atoms with Crippen LogP contribution in [0.2, 0.25) is 0 Å². The highest BCUT2D eigenvalue weighted by atomic mass is 19.4. The molecule has 3 heterocycles. The van der Waals surface area contributed by atoms with Gasteiger partial charge in [-0.3, -0.25) is 0 Å². The third kappa shape index (κ3) is 6.75. The summed E-state index contributed by atoms with van der Waals surface area (Å²) in [6.45, 7) is 18.4. The zero-order valence-electron chi connectivity index (χ0n) is 35.8. The molecular formula is C51H47BF5N3O. The standard InChI is InChI=1S/C51H47BF5N3O/c1-48(2,3)30-18-22-34(23-19-30)58-42-28-35(61-51(55,56)57)29-43-44(42)52(37-24-20-32(50(7,8)9)27-41(37)60(43)46-38(53)16-13-17-39(46)54)47-45(58)36-26-31(49(4,5)6)21-25-40(36)59(47)33-14-11-10-12-15-33/h10-29H,1-9H3. The van der Waals surface area contributed by atoms with Crippen LogP contribution in [0.25, 0.3) is 16.6 Å². The van der Waals surface area contributed by atoms with E-state index >= 15 is 8.78 Å². The molecule has 7 aromatic rings. The summed E-state index contributed by atoms with van der Waals surface area (Å²) in [5.41, 5.74) is 8.33. The number of hydrogen-bond donors (Lipinski definition) is 0. The Morgan fingerprint density at radius 3 is 1.66 bits per heavy atom. The molecule has 61 heavy (non-hydrogen) atoms. The Labute approximate surface area is 354 Å². The lowest BCUT2D eigenvalue weighted by Gasteiger charge is -2.44. The van der Waals surface area contributed by atoms with Crippen LogP contribution in [0.3, 0.4) is 0 Å². The van der Waals surface area contributed by atoms with Gasteiger partial charge in [-0.05, 0) is 98.5 Å². The van der Waals surface area contributed by atoms with Gasteiger partial charge in [0, 0.05) is 51.5 Å². The number of hydrogen-bond acceptors (Lipinski definition) is 3. The molecule has 0 bridgehead atoms. The van der Waals surface area contributed by atoms with Crippen molar-refractivity contribution in [3.63, 3.8) is 0 Å². The SMILES string of the molecule is CC(C)(C)c1ccc(N2c3cc(OC(F)(F)F)cc4c3B(c3ccc(C(C)(C)C)cc3N4c3c(F)cccc3F)c3c2c2cc(C(C)(C)C)ccc2n3-c2ccccc2)cc1. The maximum absolute atomic E-state index is 16.4. The summed E-state index contributed by atoms with van der Waals surface area (Å²) < 4.78 is 83.2. The topological polar surface area (TPSA) is 20.6 Å². The van der Waals surface area contributed by atoms with E-state index in [9.17, 15) is 13.2 Å². The molecule has 0 fully saturated rings. The molecule has 4 nitrogen and oxygen atoms in total. The van der Waals surface area contributed by atoms with Crippen LogP contribution in [0.1, 0.15) is 79.0 Å². The third-order valence-corrected chi connectivity index (χ3v) is 12.1. The fourth-order valence-electron chi connectivity index (χ4n) is 9.03. The average molecular weight is 824 g/mol. The first kappa shape index (κ1) is 40.4. The fourth-order valence-corrected chi connectivity index (χ4v) is 9.03. The third-order valence-electron chi connectivity index (χ3n) is 12.1. The maximum atomic E-state index is 16.4. The summed E-state index contributed by atoms with van der Waals surface area (Å²) in [6.07, 6.45) is -5.07. The molecule has 0 amide bonds. The molecule has 0 saturated carbocycles. The highest BCUT2D eigenvalue weighted by Crippen LogP contribution is 2.50. The van der Waals surface area contributed by atoms with Gasteiger partial charge in [-0.15, -0.1) is 13.2 Å². The second kappa shape index (κ2) is 13.7. The van der Waals surface area contributed by atoms with Gasteiger partial charge in [-0.2, -0.15) is 0 Å². The van der Waals surface area contributed by atoms with E-state index < -0.39 is 41.6 Å². The predicted octanol–water partition coefficient (Wildman–Crippen LogP) is 12.8. The van der Waals surface area contributed by atoms with Crippen LogP contribution in [-0.4, -0.2) is 17.6 Å². The van der Waals surface area contributed by atoms with Crippen LogP contribution in [-0.2, 0) is 16.2 Å². The van der Waals surface area contributed by atoms with E-state index in [1.807, 2.05) is 77.7 Å². The minimum Gasteiger partial charge on any atom is -0.406 e. The van der Waals surface area contributed by atoms with Crippen LogP contribution in [0, 0.1) is 11.6 Å². The highest BCUT2D eigenvalue weighted by molar-refractivity contribution is 7.00. The minimum absolute atomic E-state index is 0.173. The molecule has 0 spiro atoms. The zero-order chi connectivity index (χ0) is 43.6. The van der Waals surface area contributed by atoms with Gasteiger partial charge in [0.25, 0.3) is 6.71 Å². The summed E-state index contributed by atoms with van der Waals surface area (Å²) >= 11 is 0. The minimum atomic E-state index is -5.07. The number of benzene rings is 6. The lowest BCUT2D eigenvalue weighted by Crippen LogP contribution is -2.63. The molecule has 0 saturated heterocycles. The number of anilines is 6. The van der Waals surface area contributed by atoms with Gasteiger partial charge in [-0.1, -0.05) is 117 Å². The first-order valence-corrected chi connectivity index (χ1v) is 20.6. The Hall–Kier alpha value is -6.03. The molecule has 1 aromatic heterocycles. The van der Waals surface area contributed by atoms with Gasteiger partial charge in [0.2, 0.25) is 0 Å². The van der Waals surface area contributed by atoms with Crippen LogP contribution < -0.4 is 31.1 Å². The maximum Gasteiger partial charge on any atom is 0.573 e. The smallest absolute Gasteiger partial charge is 0.406 e. The average Bonchev–Trinajstić information content (AvgIpc) is 3.51. The molecule has 0 radical (unpaired) electrons. The molecule has 310 valence electrons. The molecule has 0 unspecified atom stereocenters. The summed E-state index contributed by atoms with van der Waals surface area (Å²) in [6, 6.07) is 36.9. The summed E-state index contributed by atoms with van der Waals surface area (Å²) in [7, 11) is 0. The van der Waals surface area contributed by atoms with E-state index in [-0.39, 0.29) is 16.5 Å². The van der Waals surface area contributed by atoms with E-state index in [0.29, 0.717) is 22.5 Å². The molecular weight excluding hydrogens is 776 g/mol. The quantitative estimate of drug-likeness (QED) is 0.130. The first-order valence-electron chi connectivity index (χ1n) is 20.6. The van der Waals surface area contributed by atoms with Crippen LogP contribution >= 0.6 is 0 Å². The largest absolute Gasteiger partial charge is 0.573 e. The summed E-state index contributed by atoms with van der Waals surface area (Å²) in [4.78, 5) is 3.46. The molecule has 0 aliphatic carbocycles. The van der Waals surface area contributed by atoms with Gasteiger partial charge < -0.3 is 19.1 Å². The summed E-state index contributed by atoms with van der Waals surface area (Å²) in [5.74, 6) is -2.24. The Morgan fingerprint density at radius 2 is 1.07 bits per heavy atom. The zero-order valence-corrected chi connectivity index (χ0v) is 35.8. The van der Waals surface area contributed by atoms with Gasteiger partial charge in [0.05, 0.1) is 11.2 Å². The van der Waals surface area contributed by atoms with Gasteiger partial charge in [0.15, 0.2) is 0 Å². The van der Waals surface area contributed by atoms with Gasteiger partial charge in [-0.25, -0.2) is 8.78 Å². The molecule has 0 atom stereocenters. The first-order chi connectivity index (χ1) is 28.6. The molecule has 2 aliphatic heterocycles. The summed E-state index contributed by atoms with van der Waals surface area (Å²) in [5, 5.41) is 0.899. The van der Waals surface area contributed by atoms with Crippen LogP contribution in [0.4, 0.5) is 56.1 Å². The molecule has 10 heteroatoms. The van der Waals surface area contributed by atoms with Crippen molar-refractivity contribution in [3.05, 3.63) is 150 Å². The van der Waals surface area contributed by atoms with Crippen molar-refractivity contribution in [2.45, 2.75) is 84.9 Å². The highest BCUT2D eigenvalue weighted by Gasteiger charge is 2.48. The number of aromatic nitrogens is 1. The van der Waals surface area contributed by atoms with E-state index in [2.05, 4.69) is 85.1 Å². The number of para-hydroxylation sites is 2. The van der Waals surface area contributed by atoms with Crippen molar-refractivity contribution in [3.8, 4) is 11.4 Å². The Bertz CT molecular complexity index is 2840. The van der Waals surface area contributed by atoms with E-state index in [1.54, 1.807) is 0 Å². The Kier molecular flexibility index (Phi) is 9.10. The monoisotopic (exact) mass is 823 g/mol. The second-order valence-electron chi connectivity index (χ2n) is 19.3. The Morgan fingerprint density at radius 1 is 0.508 bits per heavy atom. The van der Waals surface area contributed by atoms with Crippen molar-refractivity contribution < 1.29 is 26.7 Å². The van der Waals surface area contributed by atoms with Crippen molar-refractivity contribution in [1.29, 1.82) is 0 Å². The Balaban J connectivity index is 1.51. The lowest BCUT2D eigenvalue weighted by molar-refractivity contribution is -0.274. The van der Waals surface area contributed by atoms with Crippen LogP contribution in [0.15, 0.2) is 121 Å². The number of nitrogens with zero attached hydrogens (tertiary/aromatic N) is 3. The van der Waals surface area contributed by atoms with Crippen molar-refractivity contribution in [2.24, 2.45) is 0 Å². The van der Waals surface area contributed by atoms with E-state index in [0.717, 1.165) is 50.0 Å². The number of ether oxygens (including phenoxy) is 1. The second-order valence-corrected chi connectivity index (χ2v) is 19.3. The number of alkyl halides is 3. The molecule has 6 aromatic carbocycles. The van der Waals surface area contributed by atoms with Crippen molar-refractivity contribution in [1.82, 2.24) is 4.57 Å². The molecule has 2 aliphatic rings. The van der Waals surface area contributed by atoms with Crippen LogP contribution in [0.5, 0.6) is 5.75 Å². The fraction of sp³-hybridized carbons (Fsp3) is 0.255. The predicted molar refractivity (Wildman–Crippen MR) is 240 cm³/mol. The van der Waals surface area contributed by atoms with Crippen molar-refractivity contribution in [2.75, 3.05) is 9.80 Å². The number of rotatable bonds is 4. The lowest BCUT2D eigenvalue weighted by atomic mass is 9.34. The van der Waals surface area contributed by atoms with E-state index in [1.165, 1.54) is 35.2 Å². The normalized spacial score (nSPS) is 14.0. The number of fused-ring (bicyclic) bond motifs is 6. The number of halogens is 5. The molecule has 0 N–H and O–H groups in total. The van der Waals surface area contributed by atoms with Crippen molar-refractivity contribution >= 4 is 68.3 Å². The van der Waals surface area contributed by atoms with E-state index in [4.69, 9.17) is 4.74 Å². The van der Waals surface area contributed by atoms with Gasteiger partial charge >= 0.3 is 6.36 Å². The molecule has 9 rings (SSSR count). The van der Waals surface area contributed by atoms with Gasteiger partial charge in [0.1, 0.15) is 23.1 Å².